The van der Waals surface area contributed by atoms with Crippen LogP contribution in [-0.4, -0.2) is 58.3 Å². The Morgan fingerprint density at radius 2 is 2.03 bits per heavy atom. The number of rotatable bonds is 6. The van der Waals surface area contributed by atoms with E-state index < -0.39 is 12.5 Å². The molecule has 0 bridgehead atoms. The number of nitrogens with zero attached hydrogens (tertiary/aromatic N) is 2. The molecule has 2 amide bonds. The predicted molar refractivity (Wildman–Crippen MR) is 117 cm³/mol. The highest BCUT2D eigenvalue weighted by Gasteiger charge is 2.31. The number of nitrogens with one attached hydrogen (secondary N) is 1. The lowest BCUT2D eigenvalue weighted by molar-refractivity contribution is -0.274. The zero-order valence-corrected chi connectivity index (χ0v) is 18.3. The Morgan fingerprint density at radius 3 is 2.61 bits per heavy atom. The van der Waals surface area contributed by atoms with E-state index in [1.54, 1.807) is 11.1 Å². The quantitative estimate of drug-likeness (QED) is 0.603. The Morgan fingerprint density at radius 1 is 1.27 bits per heavy atom. The van der Waals surface area contributed by atoms with Crippen LogP contribution in [0.5, 0.6) is 5.75 Å². The average Bonchev–Trinajstić information content (AvgIpc) is 2.75. The highest BCUT2D eigenvalue weighted by molar-refractivity contribution is 5.90. The molecule has 0 saturated carbocycles. The third kappa shape index (κ3) is 6.69. The molecular weight excluding hydrogens is 439 g/mol. The molecule has 10 heteroatoms. The molecule has 0 fully saturated rings. The lowest BCUT2D eigenvalue weighted by atomic mass is 9.99. The molecule has 2 aromatic rings. The number of anilines is 1. The van der Waals surface area contributed by atoms with Gasteiger partial charge in [0.2, 0.25) is 0 Å². The van der Waals surface area contributed by atoms with E-state index in [1.165, 1.54) is 25.1 Å². The molecule has 3 rings (SSSR count). The monoisotopic (exact) mass is 465 g/mol. The van der Waals surface area contributed by atoms with Crippen LogP contribution in [0.1, 0.15) is 28.8 Å². The summed E-state index contributed by atoms with van der Waals surface area (Å²) in [5, 5.41) is 21.3. The topological polar surface area (TPSA) is 94.9 Å². The fraction of sp³-hybridized carbons (Fsp3) is 0.391. The Labute approximate surface area is 189 Å². The summed E-state index contributed by atoms with van der Waals surface area (Å²) in [7, 11) is 0. The van der Waals surface area contributed by atoms with E-state index in [4.69, 9.17) is 5.11 Å². The van der Waals surface area contributed by atoms with Crippen molar-refractivity contribution in [3.8, 4) is 5.75 Å². The van der Waals surface area contributed by atoms with Crippen LogP contribution in [0.15, 0.2) is 36.5 Å². The van der Waals surface area contributed by atoms with Crippen LogP contribution in [-0.2, 0) is 6.42 Å². The highest BCUT2D eigenvalue weighted by atomic mass is 19.4. The summed E-state index contributed by atoms with van der Waals surface area (Å²) in [5.74, 6) is -0.314. The summed E-state index contributed by atoms with van der Waals surface area (Å²) < 4.78 is 41.2. The third-order valence-electron chi connectivity index (χ3n) is 5.27. The lowest BCUT2D eigenvalue weighted by Crippen LogP contribution is -2.38. The number of amides is 2. The number of halogens is 3. The number of aliphatic hydroxyl groups is 2. The minimum absolute atomic E-state index is 0.252. The normalized spacial score (nSPS) is 15.1. The van der Waals surface area contributed by atoms with Crippen LogP contribution >= 0.6 is 0 Å². The van der Waals surface area contributed by atoms with E-state index in [0.717, 1.165) is 22.4 Å². The number of pyridine rings is 1. The molecule has 7 nitrogen and oxygen atoms in total. The Balaban J connectivity index is 1.61. The largest absolute Gasteiger partial charge is 0.573 e. The lowest BCUT2D eigenvalue weighted by Gasteiger charge is -2.27. The molecular formula is C23H26F3N3O4. The minimum atomic E-state index is -4.78. The molecule has 1 aliphatic heterocycles. The number of aromatic nitrogens is 1. The molecule has 3 N–H and O–H groups in total. The number of alkyl halides is 3. The Kier molecular flexibility index (Phi) is 7.60. The number of urea groups is 1. The maximum absolute atomic E-state index is 12.6. The van der Waals surface area contributed by atoms with Crippen LogP contribution < -0.4 is 10.1 Å². The molecule has 2 heterocycles. The number of carbonyl (C=O) groups excluding carboxylic acids is 1. The van der Waals surface area contributed by atoms with Crippen molar-refractivity contribution in [1.29, 1.82) is 0 Å². The van der Waals surface area contributed by atoms with Crippen molar-refractivity contribution in [2.45, 2.75) is 39.2 Å². The first-order valence-electron chi connectivity index (χ1n) is 10.4. The summed E-state index contributed by atoms with van der Waals surface area (Å²) in [4.78, 5) is 18.7. The Hall–Kier alpha value is -3.11. The molecule has 0 radical (unpaired) electrons. The molecule has 1 aliphatic rings. The second kappa shape index (κ2) is 10.2. The summed E-state index contributed by atoms with van der Waals surface area (Å²) >= 11 is 0. The molecule has 1 aromatic heterocycles. The van der Waals surface area contributed by atoms with Crippen molar-refractivity contribution in [1.82, 2.24) is 9.88 Å². The summed E-state index contributed by atoms with van der Waals surface area (Å²) in [6, 6.07) is 5.53. The number of aryl methyl sites for hydroxylation is 2. The molecule has 0 spiro atoms. The summed E-state index contributed by atoms with van der Waals surface area (Å²) in [6.45, 7) is 3.90. The average molecular weight is 465 g/mol. The molecule has 1 aromatic carbocycles. The van der Waals surface area contributed by atoms with Crippen molar-refractivity contribution in [3.63, 3.8) is 0 Å². The number of benzene rings is 1. The number of aliphatic hydroxyl groups excluding tert-OH is 2. The van der Waals surface area contributed by atoms with Gasteiger partial charge in [-0.3, -0.25) is 4.98 Å². The van der Waals surface area contributed by atoms with Crippen LogP contribution in [0.4, 0.5) is 23.7 Å². The molecule has 0 saturated heterocycles. The van der Waals surface area contributed by atoms with Gasteiger partial charge in [-0.15, -0.1) is 13.2 Å². The standard InChI is InChI=1S/C23H26F3N3O4/c1-14-10-18(3-4-20(14)33-23(24,25)26)28-22(32)29-7-5-17(6-8-29)21-15(2)9-16(12-27-21)11-19(31)13-30/h3-5,9-10,12,19,30-31H,6-8,11,13H2,1-2H3,(H,28,32). The molecule has 1 unspecified atom stereocenters. The van der Waals surface area contributed by atoms with Gasteiger partial charge in [-0.1, -0.05) is 12.1 Å². The van der Waals surface area contributed by atoms with Crippen molar-refractivity contribution in [2.24, 2.45) is 0 Å². The number of hydrogen-bond donors (Lipinski definition) is 3. The fourth-order valence-electron chi connectivity index (χ4n) is 3.65. The van der Waals surface area contributed by atoms with Crippen LogP contribution in [0.2, 0.25) is 0 Å². The van der Waals surface area contributed by atoms with E-state index in [2.05, 4.69) is 15.0 Å². The maximum Gasteiger partial charge on any atom is 0.573 e. The van der Waals surface area contributed by atoms with Gasteiger partial charge in [0, 0.05) is 31.4 Å². The maximum atomic E-state index is 12.6. The Bertz CT molecular complexity index is 1040. The fourth-order valence-corrected chi connectivity index (χ4v) is 3.65. The van der Waals surface area contributed by atoms with Gasteiger partial charge in [0.1, 0.15) is 5.75 Å². The second-order valence-corrected chi connectivity index (χ2v) is 7.93. The first-order chi connectivity index (χ1) is 15.6. The zero-order chi connectivity index (χ0) is 24.2. The predicted octanol–water partition coefficient (Wildman–Crippen LogP) is 3.81. The molecule has 33 heavy (non-hydrogen) atoms. The molecule has 178 valence electrons. The van der Waals surface area contributed by atoms with E-state index in [-0.39, 0.29) is 24.0 Å². The smallest absolute Gasteiger partial charge is 0.406 e. The van der Waals surface area contributed by atoms with Crippen LogP contribution in [0.25, 0.3) is 5.57 Å². The van der Waals surface area contributed by atoms with Gasteiger partial charge in [0.05, 0.1) is 18.4 Å². The van der Waals surface area contributed by atoms with Gasteiger partial charge in [0.25, 0.3) is 0 Å². The van der Waals surface area contributed by atoms with Gasteiger partial charge in [-0.2, -0.15) is 0 Å². The van der Waals surface area contributed by atoms with E-state index in [0.29, 0.717) is 31.6 Å². The van der Waals surface area contributed by atoms with E-state index >= 15 is 0 Å². The van der Waals surface area contributed by atoms with Gasteiger partial charge in [-0.25, -0.2) is 4.79 Å². The van der Waals surface area contributed by atoms with Crippen molar-refractivity contribution in [3.05, 3.63) is 58.9 Å². The first kappa shape index (κ1) is 24.5. The summed E-state index contributed by atoms with van der Waals surface area (Å²) in [6.07, 6.45) is -1.09. The number of hydrogen-bond acceptors (Lipinski definition) is 5. The van der Waals surface area contributed by atoms with E-state index in [9.17, 15) is 23.1 Å². The molecule has 1 atom stereocenters. The third-order valence-corrected chi connectivity index (χ3v) is 5.27. The second-order valence-electron chi connectivity index (χ2n) is 7.93. The minimum Gasteiger partial charge on any atom is -0.406 e. The van der Waals surface area contributed by atoms with Crippen LogP contribution in [0, 0.1) is 13.8 Å². The SMILES string of the molecule is Cc1cc(NC(=O)N2CC=C(c3ncc(CC(O)CO)cc3C)CC2)ccc1OC(F)(F)F. The van der Waals surface area contributed by atoms with Crippen molar-refractivity contribution >= 4 is 17.3 Å². The summed E-state index contributed by atoms with van der Waals surface area (Å²) in [5.41, 5.74) is 4.24. The van der Waals surface area contributed by atoms with Gasteiger partial charge < -0.3 is 25.2 Å². The van der Waals surface area contributed by atoms with Gasteiger partial charge >= 0.3 is 12.4 Å². The zero-order valence-electron chi connectivity index (χ0n) is 18.3. The van der Waals surface area contributed by atoms with Crippen molar-refractivity contribution < 1.29 is 32.9 Å². The van der Waals surface area contributed by atoms with Crippen molar-refractivity contribution in [2.75, 3.05) is 25.0 Å². The van der Waals surface area contributed by atoms with Gasteiger partial charge in [0.15, 0.2) is 0 Å². The van der Waals surface area contributed by atoms with Gasteiger partial charge in [-0.05, 0) is 60.7 Å². The highest BCUT2D eigenvalue weighted by Crippen LogP contribution is 2.29. The van der Waals surface area contributed by atoms with Crippen LogP contribution in [0.3, 0.4) is 0 Å². The number of carbonyl (C=O) groups is 1. The molecule has 0 aliphatic carbocycles. The first-order valence-corrected chi connectivity index (χ1v) is 10.4. The number of ether oxygens (including phenoxy) is 1. The van der Waals surface area contributed by atoms with E-state index in [1.807, 2.05) is 19.1 Å².